The molecule has 2 nitrogen and oxygen atoms in total. The number of ether oxygens (including phenoxy) is 2. The summed E-state index contributed by atoms with van der Waals surface area (Å²) in [5, 5.41) is 0. The Morgan fingerprint density at radius 2 is 1.76 bits per heavy atom. The van der Waals surface area contributed by atoms with Crippen molar-refractivity contribution in [2.45, 2.75) is 50.6 Å². The van der Waals surface area contributed by atoms with Crippen molar-refractivity contribution in [3.8, 4) is 5.75 Å². The van der Waals surface area contributed by atoms with Gasteiger partial charge in [-0.3, -0.25) is 0 Å². The molecule has 0 heterocycles. The fourth-order valence-corrected chi connectivity index (χ4v) is 4.94. The molecule has 4 rings (SSSR count). The van der Waals surface area contributed by atoms with Crippen molar-refractivity contribution >= 4 is 0 Å². The smallest absolute Gasteiger partial charge is 0.339 e. The maximum absolute atomic E-state index is 15.5. The first-order valence-electron chi connectivity index (χ1n) is 11.7. The van der Waals surface area contributed by atoms with Gasteiger partial charge in [-0.1, -0.05) is 37.3 Å². The minimum Gasteiger partial charge on any atom is -0.491 e. The topological polar surface area (TPSA) is 18.5 Å². The molecule has 0 bridgehead atoms. The highest BCUT2D eigenvalue weighted by atomic mass is 19.3. The lowest BCUT2D eigenvalue weighted by Crippen LogP contribution is -2.58. The number of hydrogen-bond donors (Lipinski definition) is 0. The molecule has 2 aromatic carbocycles. The Balaban J connectivity index is 1.70. The summed E-state index contributed by atoms with van der Waals surface area (Å²) in [7, 11) is 0. The zero-order valence-electron chi connectivity index (χ0n) is 20.2. The van der Waals surface area contributed by atoms with E-state index in [1.54, 1.807) is 12.1 Å². The number of fused-ring (bicyclic) bond motifs is 3. The lowest BCUT2D eigenvalue weighted by molar-refractivity contribution is -0.258. The summed E-state index contributed by atoms with van der Waals surface area (Å²) in [4.78, 5) is 0. The van der Waals surface area contributed by atoms with Crippen LogP contribution in [0.1, 0.15) is 42.5 Å². The fourth-order valence-electron chi connectivity index (χ4n) is 4.94. The Hall–Kier alpha value is -3.23. The Morgan fingerprint density at radius 1 is 1.03 bits per heavy atom. The second-order valence-electron chi connectivity index (χ2n) is 9.23. The van der Waals surface area contributed by atoms with Gasteiger partial charge in [0.15, 0.2) is 23.2 Å². The van der Waals surface area contributed by atoms with Crippen molar-refractivity contribution in [2.75, 3.05) is 6.61 Å². The minimum atomic E-state index is -5.05. The van der Waals surface area contributed by atoms with Crippen LogP contribution < -0.4 is 4.74 Å². The first kappa shape index (κ1) is 26.8. The van der Waals surface area contributed by atoms with Gasteiger partial charge in [0.1, 0.15) is 12.4 Å². The number of allylic oxidation sites excluding steroid dienone is 4. The predicted octanol–water partition coefficient (Wildman–Crippen LogP) is 8.06. The first-order chi connectivity index (χ1) is 17.4. The van der Waals surface area contributed by atoms with Gasteiger partial charge in [-0.2, -0.15) is 17.6 Å². The van der Waals surface area contributed by atoms with E-state index < -0.39 is 69.9 Å². The molecule has 2 aromatic rings. The molecule has 0 amide bonds. The second kappa shape index (κ2) is 9.58. The van der Waals surface area contributed by atoms with E-state index in [4.69, 9.17) is 9.47 Å². The van der Waals surface area contributed by atoms with E-state index in [-0.39, 0.29) is 12.2 Å². The van der Waals surface area contributed by atoms with Crippen molar-refractivity contribution in [1.29, 1.82) is 0 Å². The molecule has 2 unspecified atom stereocenters. The Morgan fingerprint density at radius 3 is 2.41 bits per heavy atom. The quantitative estimate of drug-likeness (QED) is 0.256. The highest BCUT2D eigenvalue weighted by Gasteiger charge is 2.73. The Bertz CT molecular complexity index is 1280. The van der Waals surface area contributed by atoms with Crippen molar-refractivity contribution in [3.63, 3.8) is 0 Å². The molecular formula is C28H25F7O2. The van der Waals surface area contributed by atoms with Gasteiger partial charge in [0.05, 0.1) is 18.1 Å². The molecule has 0 spiro atoms. The molecule has 0 N–H and O–H groups in total. The van der Waals surface area contributed by atoms with E-state index in [1.165, 1.54) is 19.1 Å². The van der Waals surface area contributed by atoms with Gasteiger partial charge in [0.2, 0.25) is 0 Å². The number of aryl methyl sites for hydroxylation is 1. The van der Waals surface area contributed by atoms with Crippen LogP contribution in [0.25, 0.3) is 0 Å². The standard InChI is InChI=1S/C28H25F7O2/c1-4-6-7-16-8-9-17(19(29)14-16)15-37-21-12-13-26(3)18-10-11-20(36-5-2)23(30)22(18)27(32,33)28(34,35)25(26)24(21)31/h4,8-14,25H,1,5-7,15H2,2-3H3. The summed E-state index contributed by atoms with van der Waals surface area (Å²) >= 11 is 0. The molecule has 0 fully saturated rings. The van der Waals surface area contributed by atoms with Crippen LogP contribution in [0.3, 0.4) is 0 Å². The molecule has 198 valence electrons. The lowest BCUT2D eigenvalue weighted by Gasteiger charge is -2.49. The largest absolute Gasteiger partial charge is 0.491 e. The van der Waals surface area contributed by atoms with E-state index in [0.717, 1.165) is 31.2 Å². The molecule has 0 saturated carbocycles. The molecule has 2 aliphatic rings. The molecule has 0 aromatic heterocycles. The van der Waals surface area contributed by atoms with Crippen LogP contribution in [0.2, 0.25) is 0 Å². The molecule has 9 heteroatoms. The molecule has 0 aliphatic heterocycles. The highest BCUT2D eigenvalue weighted by molar-refractivity contribution is 5.54. The third-order valence-electron chi connectivity index (χ3n) is 6.89. The van der Waals surface area contributed by atoms with E-state index in [9.17, 15) is 8.78 Å². The maximum atomic E-state index is 15.5. The van der Waals surface area contributed by atoms with E-state index in [2.05, 4.69) is 6.58 Å². The third kappa shape index (κ3) is 4.22. The van der Waals surface area contributed by atoms with Gasteiger partial charge in [-0.25, -0.2) is 13.2 Å². The predicted molar refractivity (Wildman–Crippen MR) is 124 cm³/mol. The number of hydrogen-bond acceptors (Lipinski definition) is 2. The van der Waals surface area contributed by atoms with Gasteiger partial charge in [0.25, 0.3) is 0 Å². The third-order valence-corrected chi connectivity index (χ3v) is 6.89. The summed E-state index contributed by atoms with van der Waals surface area (Å²) < 4.78 is 116. The molecule has 2 aliphatic carbocycles. The van der Waals surface area contributed by atoms with Gasteiger partial charge in [-0.05, 0) is 49.1 Å². The normalized spacial score (nSPS) is 23.3. The van der Waals surface area contributed by atoms with Crippen molar-refractivity contribution in [3.05, 3.63) is 101 Å². The van der Waals surface area contributed by atoms with Crippen LogP contribution >= 0.6 is 0 Å². The number of benzene rings is 2. The monoisotopic (exact) mass is 526 g/mol. The van der Waals surface area contributed by atoms with Crippen molar-refractivity contribution < 1.29 is 40.2 Å². The summed E-state index contributed by atoms with van der Waals surface area (Å²) in [6.45, 7) is 5.62. The van der Waals surface area contributed by atoms with Crippen LogP contribution in [-0.4, -0.2) is 12.5 Å². The summed E-state index contributed by atoms with van der Waals surface area (Å²) in [5.41, 5.74) is -3.31. The van der Waals surface area contributed by atoms with Crippen molar-refractivity contribution in [2.24, 2.45) is 5.92 Å². The Labute approximate surface area is 210 Å². The van der Waals surface area contributed by atoms with Gasteiger partial charge in [-0.15, -0.1) is 6.58 Å². The summed E-state index contributed by atoms with van der Waals surface area (Å²) in [6.07, 6.45) is 4.99. The molecule has 2 atom stereocenters. The van der Waals surface area contributed by atoms with E-state index >= 15 is 22.0 Å². The maximum Gasteiger partial charge on any atom is 0.339 e. The van der Waals surface area contributed by atoms with Crippen LogP contribution in [0.15, 0.2) is 66.7 Å². The number of alkyl halides is 4. The SMILES string of the molecule is C=CCCc1ccc(COC2=C(F)C3C(C)(C=C2)c2ccc(OCC)c(F)c2C(F)(F)C3(F)F)c(F)c1. The lowest BCUT2D eigenvalue weighted by atomic mass is 9.59. The van der Waals surface area contributed by atoms with E-state index in [1.807, 2.05) is 0 Å². The summed E-state index contributed by atoms with van der Waals surface area (Å²) in [5.74, 6) is -18.0. The highest BCUT2D eigenvalue weighted by Crippen LogP contribution is 2.64. The molecule has 0 radical (unpaired) electrons. The van der Waals surface area contributed by atoms with Gasteiger partial charge < -0.3 is 9.47 Å². The van der Waals surface area contributed by atoms with Gasteiger partial charge >= 0.3 is 11.8 Å². The van der Waals surface area contributed by atoms with Crippen molar-refractivity contribution in [1.82, 2.24) is 0 Å². The zero-order chi connectivity index (χ0) is 27.2. The first-order valence-corrected chi connectivity index (χ1v) is 11.7. The molecule has 37 heavy (non-hydrogen) atoms. The molecule has 0 saturated heterocycles. The number of halogens is 7. The average Bonchev–Trinajstić information content (AvgIpc) is 2.83. The minimum absolute atomic E-state index is 0.0287. The second-order valence-corrected chi connectivity index (χ2v) is 9.23. The van der Waals surface area contributed by atoms with Crippen LogP contribution in [0.5, 0.6) is 5.75 Å². The average molecular weight is 526 g/mol. The van der Waals surface area contributed by atoms with Gasteiger partial charge in [0, 0.05) is 11.0 Å². The van der Waals surface area contributed by atoms with Crippen LogP contribution in [-0.2, 0) is 29.1 Å². The van der Waals surface area contributed by atoms with Crippen LogP contribution in [0, 0.1) is 17.6 Å². The molecular weight excluding hydrogens is 501 g/mol. The van der Waals surface area contributed by atoms with Crippen LogP contribution in [0.4, 0.5) is 30.7 Å². The fraction of sp³-hybridized carbons (Fsp3) is 0.357. The summed E-state index contributed by atoms with van der Waals surface area (Å²) in [6, 6.07) is 6.44. The van der Waals surface area contributed by atoms with E-state index in [0.29, 0.717) is 18.4 Å². The number of rotatable bonds is 8. The zero-order valence-corrected chi connectivity index (χ0v) is 20.2. The Kier molecular flexibility index (Phi) is 6.94.